The van der Waals surface area contributed by atoms with E-state index in [4.69, 9.17) is 9.72 Å². The molecule has 7 heteroatoms. The number of aromatic nitrogens is 2. The summed E-state index contributed by atoms with van der Waals surface area (Å²) in [5.41, 5.74) is 3.50. The van der Waals surface area contributed by atoms with Crippen LogP contribution in [0.1, 0.15) is 22.6 Å². The van der Waals surface area contributed by atoms with Gasteiger partial charge in [-0.15, -0.1) is 0 Å². The zero-order valence-corrected chi connectivity index (χ0v) is 20.3. The van der Waals surface area contributed by atoms with Crippen LogP contribution in [0.2, 0.25) is 0 Å². The van der Waals surface area contributed by atoms with E-state index >= 15 is 0 Å². The average molecular weight is 528 g/mol. The normalized spacial score (nSPS) is 12.6. The molecule has 0 spiro atoms. The largest absolute Gasteiger partial charge is 0.457 e. The fourth-order valence-corrected chi connectivity index (χ4v) is 5.77. The van der Waals surface area contributed by atoms with E-state index in [0.29, 0.717) is 23.2 Å². The Kier molecular flexibility index (Phi) is 5.36. The summed E-state index contributed by atoms with van der Waals surface area (Å²) in [6.45, 7) is 0.370. The molecule has 1 amide bonds. The van der Waals surface area contributed by atoms with Crippen molar-refractivity contribution >= 4 is 48.5 Å². The maximum Gasteiger partial charge on any atom is 0.241 e. The molecule has 0 radical (unpaired) electrons. The van der Waals surface area contributed by atoms with Crippen molar-refractivity contribution in [3.8, 4) is 11.5 Å². The first-order chi connectivity index (χ1) is 16.7. The zero-order chi connectivity index (χ0) is 23.1. The summed E-state index contributed by atoms with van der Waals surface area (Å²) in [7, 11) is 0. The van der Waals surface area contributed by atoms with Crippen LogP contribution in [-0.2, 0) is 11.3 Å². The third-order valence-electron chi connectivity index (χ3n) is 5.83. The Labute approximate surface area is 208 Å². The van der Waals surface area contributed by atoms with E-state index in [1.807, 2.05) is 78.9 Å². The van der Waals surface area contributed by atoms with Crippen LogP contribution in [0.15, 0.2) is 95.7 Å². The Hall–Kier alpha value is -3.55. The number of amides is 1. The van der Waals surface area contributed by atoms with Gasteiger partial charge in [0.2, 0.25) is 5.91 Å². The maximum absolute atomic E-state index is 14.4. The molecule has 0 atom stereocenters. The molecule has 0 aliphatic carbocycles. The standard InChI is InChI=1S/C27H18BrN3O2S/c28-18-11-12-21-24(14-18)34-27(30-21)31(16-17-6-5-13-29-15-17)26(32)25-19-7-1-3-9-22(19)33-23-10-4-2-8-20(23)25/h1-15,25H,16H2. The number of carbonyl (C=O) groups is 1. The molecule has 5 aromatic rings. The van der Waals surface area contributed by atoms with Crippen molar-refractivity contribution in [1.29, 1.82) is 0 Å². The summed E-state index contributed by atoms with van der Waals surface area (Å²) >= 11 is 5.04. The molecule has 0 saturated heterocycles. The van der Waals surface area contributed by atoms with Gasteiger partial charge in [0.05, 0.1) is 22.7 Å². The van der Waals surface area contributed by atoms with Gasteiger partial charge in [0, 0.05) is 28.0 Å². The second-order valence-corrected chi connectivity index (χ2v) is 9.93. The van der Waals surface area contributed by atoms with E-state index in [9.17, 15) is 4.79 Å². The molecule has 5 nitrogen and oxygen atoms in total. The van der Waals surface area contributed by atoms with Gasteiger partial charge in [0.1, 0.15) is 11.5 Å². The van der Waals surface area contributed by atoms with E-state index in [1.165, 1.54) is 11.3 Å². The number of para-hydroxylation sites is 2. The highest BCUT2D eigenvalue weighted by Crippen LogP contribution is 2.45. The van der Waals surface area contributed by atoms with Crippen LogP contribution >= 0.6 is 27.3 Å². The lowest BCUT2D eigenvalue weighted by molar-refractivity contribution is -0.119. The third-order valence-corrected chi connectivity index (χ3v) is 7.36. The lowest BCUT2D eigenvalue weighted by Crippen LogP contribution is -2.36. The second-order valence-electron chi connectivity index (χ2n) is 8.00. The number of carbonyl (C=O) groups excluding carboxylic acids is 1. The number of hydrogen-bond acceptors (Lipinski definition) is 5. The molecule has 3 heterocycles. The Balaban J connectivity index is 1.49. The number of nitrogens with zero attached hydrogens (tertiary/aromatic N) is 3. The Morgan fingerprint density at radius 1 is 0.971 bits per heavy atom. The van der Waals surface area contributed by atoms with Gasteiger partial charge in [0.15, 0.2) is 5.13 Å². The van der Waals surface area contributed by atoms with Gasteiger partial charge >= 0.3 is 0 Å². The maximum atomic E-state index is 14.4. The summed E-state index contributed by atoms with van der Waals surface area (Å²) < 4.78 is 8.12. The number of ether oxygens (including phenoxy) is 1. The number of hydrogen-bond donors (Lipinski definition) is 0. The van der Waals surface area contributed by atoms with Crippen LogP contribution in [0.4, 0.5) is 5.13 Å². The van der Waals surface area contributed by atoms with Crippen LogP contribution in [0, 0.1) is 0 Å². The number of pyridine rings is 1. The molecule has 6 rings (SSSR count). The van der Waals surface area contributed by atoms with E-state index < -0.39 is 5.92 Å². The summed E-state index contributed by atoms with van der Waals surface area (Å²) in [5.74, 6) is 0.852. The first-order valence-corrected chi connectivity index (χ1v) is 12.4. The van der Waals surface area contributed by atoms with Gasteiger partial charge in [-0.1, -0.05) is 69.7 Å². The van der Waals surface area contributed by atoms with Crippen LogP contribution in [-0.4, -0.2) is 15.9 Å². The lowest BCUT2D eigenvalue weighted by Gasteiger charge is -2.31. The summed E-state index contributed by atoms with van der Waals surface area (Å²) in [6, 6.07) is 25.3. The van der Waals surface area contributed by atoms with Gasteiger partial charge < -0.3 is 4.74 Å². The van der Waals surface area contributed by atoms with Crippen molar-refractivity contribution in [3.63, 3.8) is 0 Å². The first kappa shape index (κ1) is 21.0. The number of benzene rings is 3. The molecule has 0 N–H and O–H groups in total. The molecule has 1 aliphatic heterocycles. The summed E-state index contributed by atoms with van der Waals surface area (Å²) in [5, 5.41) is 0.656. The summed E-state index contributed by atoms with van der Waals surface area (Å²) in [6.07, 6.45) is 3.52. The zero-order valence-electron chi connectivity index (χ0n) is 17.9. The Morgan fingerprint density at radius 3 is 2.41 bits per heavy atom. The molecule has 0 saturated carbocycles. The molecule has 34 heavy (non-hydrogen) atoms. The molecule has 0 fully saturated rings. The molecule has 2 aromatic heterocycles. The van der Waals surface area contributed by atoms with Crippen molar-refractivity contribution in [3.05, 3.63) is 112 Å². The van der Waals surface area contributed by atoms with Crippen molar-refractivity contribution in [2.24, 2.45) is 0 Å². The van der Waals surface area contributed by atoms with Gasteiger partial charge in [-0.05, 0) is 42.0 Å². The number of thiazole rings is 1. The minimum Gasteiger partial charge on any atom is -0.457 e. The minimum atomic E-state index is -0.503. The fraction of sp³-hybridized carbons (Fsp3) is 0.0741. The number of halogens is 1. The molecule has 3 aromatic carbocycles. The average Bonchev–Trinajstić information content (AvgIpc) is 3.29. The second kappa shape index (κ2) is 8.66. The molecule has 0 unspecified atom stereocenters. The molecular formula is C27H18BrN3O2S. The highest BCUT2D eigenvalue weighted by molar-refractivity contribution is 9.10. The van der Waals surface area contributed by atoms with E-state index in [-0.39, 0.29) is 5.91 Å². The molecule has 1 aliphatic rings. The van der Waals surface area contributed by atoms with Gasteiger partial charge in [-0.2, -0.15) is 0 Å². The topological polar surface area (TPSA) is 55.3 Å². The minimum absolute atomic E-state index is 0.0508. The van der Waals surface area contributed by atoms with Crippen molar-refractivity contribution < 1.29 is 9.53 Å². The molecule has 0 bridgehead atoms. The van der Waals surface area contributed by atoms with Crippen LogP contribution < -0.4 is 9.64 Å². The van der Waals surface area contributed by atoms with Crippen LogP contribution in [0.25, 0.3) is 10.2 Å². The van der Waals surface area contributed by atoms with E-state index in [1.54, 1.807) is 17.3 Å². The predicted octanol–water partition coefficient (Wildman–Crippen LogP) is 6.92. The molecule has 166 valence electrons. The van der Waals surface area contributed by atoms with Crippen molar-refractivity contribution in [2.45, 2.75) is 12.5 Å². The number of rotatable bonds is 4. The van der Waals surface area contributed by atoms with Gasteiger partial charge in [0.25, 0.3) is 0 Å². The highest BCUT2D eigenvalue weighted by Gasteiger charge is 2.36. The quantitative estimate of drug-likeness (QED) is 0.254. The van der Waals surface area contributed by atoms with Gasteiger partial charge in [-0.3, -0.25) is 14.7 Å². The number of anilines is 1. The Morgan fingerprint density at radius 2 is 1.71 bits per heavy atom. The van der Waals surface area contributed by atoms with Gasteiger partial charge in [-0.25, -0.2) is 4.98 Å². The number of fused-ring (bicyclic) bond motifs is 3. The fourth-order valence-electron chi connectivity index (χ4n) is 4.25. The van der Waals surface area contributed by atoms with Crippen LogP contribution in [0.5, 0.6) is 11.5 Å². The van der Waals surface area contributed by atoms with E-state index in [2.05, 4.69) is 20.9 Å². The van der Waals surface area contributed by atoms with Crippen molar-refractivity contribution in [2.75, 3.05) is 4.90 Å². The Bertz CT molecular complexity index is 1470. The lowest BCUT2D eigenvalue weighted by atomic mass is 9.87. The summed E-state index contributed by atoms with van der Waals surface area (Å²) in [4.78, 5) is 25.2. The van der Waals surface area contributed by atoms with Crippen molar-refractivity contribution in [1.82, 2.24) is 9.97 Å². The third kappa shape index (κ3) is 3.77. The van der Waals surface area contributed by atoms with Crippen LogP contribution in [0.3, 0.4) is 0 Å². The SMILES string of the molecule is O=C(C1c2ccccc2Oc2ccccc21)N(Cc1cccnc1)c1nc2ccc(Br)cc2s1. The van der Waals surface area contributed by atoms with E-state index in [0.717, 1.165) is 31.4 Å². The predicted molar refractivity (Wildman–Crippen MR) is 138 cm³/mol. The highest BCUT2D eigenvalue weighted by atomic mass is 79.9. The first-order valence-electron chi connectivity index (χ1n) is 10.8. The smallest absolute Gasteiger partial charge is 0.241 e. The molecular weight excluding hydrogens is 510 g/mol. The monoisotopic (exact) mass is 527 g/mol.